The number of nitrogens with one attached hydrogen (secondary N) is 1. The summed E-state index contributed by atoms with van der Waals surface area (Å²) in [6.07, 6.45) is 4.57. The maximum Gasteiger partial charge on any atom is 0.338 e. The molecule has 2 aliphatic rings. The van der Waals surface area contributed by atoms with E-state index in [1.807, 2.05) is 0 Å². The van der Waals surface area contributed by atoms with Crippen LogP contribution in [0, 0.1) is 6.92 Å². The zero-order chi connectivity index (χ0) is 20.9. The van der Waals surface area contributed by atoms with Crippen molar-refractivity contribution < 1.29 is 27.5 Å². The summed E-state index contributed by atoms with van der Waals surface area (Å²) in [4.78, 5) is 24.4. The minimum absolute atomic E-state index is 0.00794. The van der Waals surface area contributed by atoms with E-state index in [0.717, 1.165) is 32.1 Å². The molecule has 29 heavy (non-hydrogen) atoms. The van der Waals surface area contributed by atoms with Gasteiger partial charge in [-0.3, -0.25) is 4.79 Å². The fourth-order valence-corrected chi connectivity index (χ4v) is 5.07. The molecule has 1 N–H and O–H groups in total. The highest BCUT2D eigenvalue weighted by Gasteiger charge is 2.27. The van der Waals surface area contributed by atoms with Crippen molar-refractivity contribution in [1.82, 2.24) is 9.62 Å². The van der Waals surface area contributed by atoms with Crippen LogP contribution < -0.4 is 5.32 Å². The van der Waals surface area contributed by atoms with Gasteiger partial charge in [0.2, 0.25) is 10.0 Å². The molecule has 160 valence electrons. The van der Waals surface area contributed by atoms with Crippen LogP contribution in [0.4, 0.5) is 0 Å². The highest BCUT2D eigenvalue weighted by molar-refractivity contribution is 7.89. The maximum absolute atomic E-state index is 12.8. The Morgan fingerprint density at radius 1 is 1.21 bits per heavy atom. The van der Waals surface area contributed by atoms with Crippen LogP contribution in [-0.4, -0.2) is 63.6 Å². The highest BCUT2D eigenvalue weighted by Crippen LogP contribution is 2.23. The Bertz CT molecular complexity index is 843. The third kappa shape index (κ3) is 5.55. The molecule has 0 aromatic heterocycles. The summed E-state index contributed by atoms with van der Waals surface area (Å²) in [6, 6.07) is 4.43. The van der Waals surface area contributed by atoms with Crippen LogP contribution in [0.2, 0.25) is 0 Å². The number of rotatable bonds is 7. The smallest absolute Gasteiger partial charge is 0.338 e. The molecule has 1 aromatic rings. The predicted octanol–water partition coefficient (Wildman–Crippen LogP) is 1.62. The van der Waals surface area contributed by atoms with Crippen molar-refractivity contribution in [3.63, 3.8) is 0 Å². The molecule has 0 saturated carbocycles. The second-order valence-electron chi connectivity index (χ2n) is 7.46. The number of aryl methyl sites for hydroxylation is 1. The SMILES string of the molecule is Cc1ccc(S(=O)(=O)N2CCCCC2)cc1C(=O)OCC(=O)NC[C@H]1CCCO1. The van der Waals surface area contributed by atoms with E-state index in [1.165, 1.54) is 16.4 Å². The number of carbonyl (C=O) groups is 2. The molecule has 0 radical (unpaired) electrons. The first-order chi connectivity index (χ1) is 13.9. The monoisotopic (exact) mass is 424 g/mol. The summed E-state index contributed by atoms with van der Waals surface area (Å²) in [5, 5.41) is 2.68. The number of carbonyl (C=O) groups excluding carboxylic acids is 2. The van der Waals surface area contributed by atoms with Gasteiger partial charge in [-0.05, 0) is 50.3 Å². The highest BCUT2D eigenvalue weighted by atomic mass is 32.2. The van der Waals surface area contributed by atoms with Crippen molar-refractivity contribution in [2.75, 3.05) is 32.8 Å². The fourth-order valence-electron chi connectivity index (χ4n) is 3.53. The fraction of sp³-hybridized carbons (Fsp3) is 0.600. The number of hydrogen-bond acceptors (Lipinski definition) is 6. The summed E-state index contributed by atoms with van der Waals surface area (Å²) >= 11 is 0. The molecule has 0 aliphatic carbocycles. The zero-order valence-corrected chi connectivity index (χ0v) is 17.5. The molecular formula is C20H28N2O6S. The molecule has 2 fully saturated rings. The van der Waals surface area contributed by atoms with E-state index < -0.39 is 28.5 Å². The average Bonchev–Trinajstić information content (AvgIpc) is 3.25. The van der Waals surface area contributed by atoms with Crippen molar-refractivity contribution in [2.45, 2.75) is 50.0 Å². The van der Waals surface area contributed by atoms with E-state index in [9.17, 15) is 18.0 Å². The lowest BCUT2D eigenvalue weighted by Gasteiger charge is -2.26. The molecule has 1 amide bonds. The van der Waals surface area contributed by atoms with Gasteiger partial charge in [-0.1, -0.05) is 12.5 Å². The Hall–Kier alpha value is -1.97. The Balaban J connectivity index is 1.61. The molecular weight excluding hydrogens is 396 g/mol. The van der Waals surface area contributed by atoms with Crippen LogP contribution in [0.5, 0.6) is 0 Å². The van der Waals surface area contributed by atoms with E-state index in [4.69, 9.17) is 9.47 Å². The molecule has 2 aliphatic heterocycles. The first kappa shape index (κ1) is 21.7. The Morgan fingerprint density at radius 3 is 2.66 bits per heavy atom. The lowest BCUT2D eigenvalue weighted by molar-refractivity contribution is -0.124. The van der Waals surface area contributed by atoms with Gasteiger partial charge in [0.25, 0.3) is 5.91 Å². The van der Waals surface area contributed by atoms with Crippen LogP contribution >= 0.6 is 0 Å². The Morgan fingerprint density at radius 2 is 1.97 bits per heavy atom. The molecule has 0 spiro atoms. The van der Waals surface area contributed by atoms with E-state index in [0.29, 0.717) is 31.8 Å². The number of benzene rings is 1. The van der Waals surface area contributed by atoms with Gasteiger partial charge in [0, 0.05) is 26.2 Å². The second-order valence-corrected chi connectivity index (χ2v) is 9.39. The first-order valence-corrected chi connectivity index (χ1v) is 11.5. The van der Waals surface area contributed by atoms with E-state index in [1.54, 1.807) is 13.0 Å². The molecule has 1 atom stereocenters. The summed E-state index contributed by atoms with van der Waals surface area (Å²) in [6.45, 7) is 3.34. The zero-order valence-electron chi connectivity index (χ0n) is 16.7. The van der Waals surface area contributed by atoms with Crippen LogP contribution in [0.25, 0.3) is 0 Å². The molecule has 1 aromatic carbocycles. The maximum atomic E-state index is 12.8. The second kappa shape index (κ2) is 9.69. The molecule has 0 unspecified atom stereocenters. The van der Waals surface area contributed by atoms with E-state index in [-0.39, 0.29) is 16.6 Å². The lowest BCUT2D eigenvalue weighted by atomic mass is 10.1. The van der Waals surface area contributed by atoms with E-state index >= 15 is 0 Å². The van der Waals surface area contributed by atoms with Gasteiger partial charge < -0.3 is 14.8 Å². The molecule has 8 nitrogen and oxygen atoms in total. The standard InChI is InChI=1S/C20H28N2O6S/c1-15-7-8-17(29(25,26)22-9-3-2-4-10-22)12-18(15)20(24)28-14-19(23)21-13-16-6-5-11-27-16/h7-8,12,16H,2-6,9-11,13-14H2,1H3,(H,21,23)/t16-/m1/s1. The van der Waals surface area contributed by atoms with Gasteiger partial charge >= 0.3 is 5.97 Å². The molecule has 3 rings (SSSR count). The number of amides is 1. The Kier molecular flexibility index (Phi) is 7.26. The number of esters is 1. The average molecular weight is 425 g/mol. The predicted molar refractivity (Wildman–Crippen MR) is 106 cm³/mol. The minimum Gasteiger partial charge on any atom is -0.452 e. The lowest BCUT2D eigenvalue weighted by Crippen LogP contribution is -2.36. The van der Waals surface area contributed by atoms with Crippen molar-refractivity contribution in [2.24, 2.45) is 0 Å². The largest absolute Gasteiger partial charge is 0.452 e. The number of ether oxygens (including phenoxy) is 2. The summed E-state index contributed by atoms with van der Waals surface area (Å²) in [7, 11) is -3.65. The van der Waals surface area contributed by atoms with Crippen molar-refractivity contribution >= 4 is 21.9 Å². The summed E-state index contributed by atoms with van der Waals surface area (Å²) < 4.78 is 37.7. The number of piperidine rings is 1. The molecule has 9 heteroatoms. The molecule has 0 bridgehead atoms. The van der Waals surface area contributed by atoms with Crippen molar-refractivity contribution in [3.05, 3.63) is 29.3 Å². The topological polar surface area (TPSA) is 102 Å². The third-order valence-electron chi connectivity index (χ3n) is 5.27. The van der Waals surface area contributed by atoms with E-state index in [2.05, 4.69) is 5.32 Å². The van der Waals surface area contributed by atoms with Crippen LogP contribution in [-0.2, 0) is 24.3 Å². The summed E-state index contributed by atoms with van der Waals surface area (Å²) in [5.41, 5.74) is 0.738. The summed E-state index contributed by atoms with van der Waals surface area (Å²) in [5.74, 6) is -1.13. The van der Waals surface area contributed by atoms with Crippen LogP contribution in [0.15, 0.2) is 23.1 Å². The minimum atomic E-state index is -3.65. The van der Waals surface area contributed by atoms with Gasteiger partial charge in [-0.15, -0.1) is 0 Å². The van der Waals surface area contributed by atoms with Gasteiger partial charge in [0.1, 0.15) is 0 Å². The van der Waals surface area contributed by atoms with Gasteiger partial charge in [0.15, 0.2) is 6.61 Å². The van der Waals surface area contributed by atoms with Gasteiger partial charge in [-0.2, -0.15) is 4.31 Å². The van der Waals surface area contributed by atoms with Crippen molar-refractivity contribution in [3.8, 4) is 0 Å². The third-order valence-corrected chi connectivity index (χ3v) is 7.16. The molecule has 2 heterocycles. The number of nitrogens with zero attached hydrogens (tertiary/aromatic N) is 1. The van der Waals surface area contributed by atoms with Gasteiger partial charge in [0.05, 0.1) is 16.6 Å². The Labute approximate surface area is 171 Å². The normalized spacial score (nSPS) is 20.4. The van der Waals surface area contributed by atoms with Crippen LogP contribution in [0.1, 0.15) is 48.0 Å². The van der Waals surface area contributed by atoms with Crippen LogP contribution in [0.3, 0.4) is 0 Å². The molecule has 2 saturated heterocycles. The first-order valence-electron chi connectivity index (χ1n) is 10.0. The van der Waals surface area contributed by atoms with Gasteiger partial charge in [-0.25, -0.2) is 13.2 Å². The number of sulfonamides is 1. The number of hydrogen-bond donors (Lipinski definition) is 1. The van der Waals surface area contributed by atoms with Crippen molar-refractivity contribution in [1.29, 1.82) is 0 Å². The quantitative estimate of drug-likeness (QED) is 0.668.